The topological polar surface area (TPSA) is 96.3 Å². The number of aromatic nitrogens is 2. The molecule has 2 atom stereocenters. The van der Waals surface area contributed by atoms with Gasteiger partial charge in [0.15, 0.2) is 5.16 Å². The lowest BCUT2D eigenvalue weighted by atomic mass is 9.88. The van der Waals surface area contributed by atoms with Gasteiger partial charge in [-0.2, -0.15) is 0 Å². The number of rotatable bonds is 10. The summed E-state index contributed by atoms with van der Waals surface area (Å²) in [5.41, 5.74) is 0.123. The first-order chi connectivity index (χ1) is 15.8. The summed E-state index contributed by atoms with van der Waals surface area (Å²) in [4.78, 5) is 29.6. The van der Waals surface area contributed by atoms with Gasteiger partial charge in [0.25, 0.3) is 5.56 Å². The molecule has 7 nitrogen and oxygen atoms in total. The highest BCUT2D eigenvalue weighted by atomic mass is 79.9. The molecule has 0 saturated carbocycles. The minimum Gasteiger partial charge on any atom is -0.598 e. The zero-order valence-electron chi connectivity index (χ0n) is 20.2. The summed E-state index contributed by atoms with van der Waals surface area (Å²) in [7, 11) is 0. The first-order valence-electron chi connectivity index (χ1n) is 10.8. The minimum atomic E-state index is -1.40. The molecular weight excluding hydrogens is 545 g/mol. The third kappa shape index (κ3) is 7.30. The quantitative estimate of drug-likeness (QED) is 0.195. The van der Waals surface area contributed by atoms with Gasteiger partial charge in [0.05, 0.1) is 17.8 Å². The number of nitrogens with one attached hydrogen (secondary N) is 1. The molecule has 0 aliphatic rings. The van der Waals surface area contributed by atoms with Crippen LogP contribution in [0.2, 0.25) is 0 Å². The van der Waals surface area contributed by atoms with Crippen LogP contribution in [0.25, 0.3) is 0 Å². The fraction of sp³-hybridized carbons (Fsp3) is 0.522. The standard InChI is InChI=1S/C23H31BrFN3O4S2/c1-7-32-18(29)14-28-20(30)19(24)17(26-21(28)33-6)12-13-23(5,27-34(31)22(2,3)4)15-8-10-16(25)11-9-15/h8-11,27H,7,12-14H2,1-6H3/t23-,34-/m1/s1. The predicted molar refractivity (Wildman–Crippen MR) is 138 cm³/mol. The van der Waals surface area contributed by atoms with Crippen LogP contribution in [0.1, 0.15) is 52.3 Å². The molecule has 0 amide bonds. The first-order valence-corrected chi connectivity index (χ1v) is 13.9. The second kappa shape index (κ2) is 12.0. The molecule has 0 bridgehead atoms. The molecule has 0 saturated heterocycles. The molecule has 0 aliphatic heterocycles. The summed E-state index contributed by atoms with van der Waals surface area (Å²) in [6, 6.07) is 6.06. The number of aryl methyl sites for hydroxylation is 1. The fourth-order valence-corrected chi connectivity index (χ4v) is 5.15. The number of esters is 1. The van der Waals surface area contributed by atoms with Gasteiger partial charge in [-0.15, -0.1) is 4.72 Å². The molecular formula is C23H31BrFN3O4S2. The van der Waals surface area contributed by atoms with Crippen molar-refractivity contribution in [2.45, 2.75) is 69.4 Å². The second-order valence-electron chi connectivity index (χ2n) is 8.88. The van der Waals surface area contributed by atoms with Crippen LogP contribution in [0, 0.1) is 5.82 Å². The van der Waals surface area contributed by atoms with Gasteiger partial charge in [-0.1, -0.05) is 23.9 Å². The van der Waals surface area contributed by atoms with Gasteiger partial charge in [-0.05, 0) is 87.3 Å². The van der Waals surface area contributed by atoms with E-state index in [1.807, 2.05) is 27.7 Å². The van der Waals surface area contributed by atoms with Gasteiger partial charge < -0.3 is 9.29 Å². The molecule has 1 aromatic carbocycles. The van der Waals surface area contributed by atoms with Crippen molar-refractivity contribution < 1.29 is 18.5 Å². The molecule has 2 aromatic rings. The lowest BCUT2D eigenvalue weighted by molar-refractivity contribution is -0.144. The molecule has 1 aromatic heterocycles. The van der Waals surface area contributed by atoms with E-state index in [-0.39, 0.29) is 29.0 Å². The Balaban J connectivity index is 2.40. The predicted octanol–water partition coefficient (Wildman–Crippen LogP) is 4.33. The average molecular weight is 577 g/mol. The molecule has 11 heteroatoms. The SMILES string of the molecule is CCOC(=O)Cn1c(SC)nc(CC[C@@](C)(N[S@+]([O-])C(C)(C)C)c2ccc(F)cc2)c(Br)c1=O. The van der Waals surface area contributed by atoms with Crippen LogP contribution in [0.3, 0.4) is 0 Å². The Labute approximate surface area is 215 Å². The molecule has 34 heavy (non-hydrogen) atoms. The molecule has 1 heterocycles. The molecule has 0 unspecified atom stereocenters. The highest BCUT2D eigenvalue weighted by molar-refractivity contribution is 9.10. The van der Waals surface area contributed by atoms with E-state index >= 15 is 0 Å². The zero-order chi connectivity index (χ0) is 25.7. The molecule has 1 N–H and O–H groups in total. The minimum absolute atomic E-state index is 0.222. The summed E-state index contributed by atoms with van der Waals surface area (Å²) in [5, 5.41) is 0.394. The van der Waals surface area contributed by atoms with E-state index in [0.717, 1.165) is 5.56 Å². The van der Waals surface area contributed by atoms with Gasteiger partial charge in [-0.3, -0.25) is 14.2 Å². The largest absolute Gasteiger partial charge is 0.598 e. The van der Waals surface area contributed by atoms with Crippen LogP contribution in [0.5, 0.6) is 0 Å². The maximum absolute atomic E-state index is 13.6. The number of benzene rings is 1. The Morgan fingerprint density at radius 1 is 1.29 bits per heavy atom. The number of carbonyl (C=O) groups excluding carboxylic acids is 1. The van der Waals surface area contributed by atoms with Crippen molar-refractivity contribution in [1.29, 1.82) is 0 Å². The lowest BCUT2D eigenvalue weighted by Gasteiger charge is -2.35. The molecule has 0 spiro atoms. The fourth-order valence-electron chi connectivity index (χ4n) is 3.15. The summed E-state index contributed by atoms with van der Waals surface area (Å²) in [6.45, 7) is 9.20. The van der Waals surface area contributed by atoms with Gasteiger partial charge in [0.1, 0.15) is 21.6 Å². The highest BCUT2D eigenvalue weighted by Gasteiger charge is 2.37. The number of nitrogens with zero attached hydrogens (tertiary/aromatic N) is 2. The van der Waals surface area contributed by atoms with Crippen molar-refractivity contribution >= 4 is 45.0 Å². The number of hydrogen-bond donors (Lipinski definition) is 1. The number of carbonyl (C=O) groups is 1. The number of hydrogen-bond acceptors (Lipinski definition) is 7. The van der Waals surface area contributed by atoms with E-state index in [1.165, 1.54) is 28.5 Å². The Morgan fingerprint density at radius 3 is 2.44 bits per heavy atom. The van der Waals surface area contributed by atoms with Gasteiger partial charge in [-0.25, -0.2) is 9.37 Å². The van der Waals surface area contributed by atoms with Crippen molar-refractivity contribution in [2.24, 2.45) is 0 Å². The Morgan fingerprint density at radius 2 is 1.91 bits per heavy atom. The van der Waals surface area contributed by atoms with E-state index < -0.39 is 27.6 Å². The summed E-state index contributed by atoms with van der Waals surface area (Å²) in [6.07, 6.45) is 2.57. The van der Waals surface area contributed by atoms with Crippen LogP contribution < -0.4 is 10.3 Å². The first kappa shape index (κ1) is 28.8. The summed E-state index contributed by atoms with van der Waals surface area (Å²) in [5.74, 6) is -0.874. The molecule has 2 rings (SSSR count). The van der Waals surface area contributed by atoms with Crippen molar-refractivity contribution in [3.63, 3.8) is 0 Å². The number of thioether (sulfide) groups is 1. The average Bonchev–Trinajstić information content (AvgIpc) is 2.76. The van der Waals surface area contributed by atoms with E-state index in [0.29, 0.717) is 23.7 Å². The maximum Gasteiger partial charge on any atom is 0.326 e. The van der Waals surface area contributed by atoms with Crippen molar-refractivity contribution in [3.05, 3.63) is 56.2 Å². The smallest absolute Gasteiger partial charge is 0.326 e. The molecule has 0 radical (unpaired) electrons. The normalized spacial score (nSPS) is 14.5. The van der Waals surface area contributed by atoms with Crippen LogP contribution in [0.15, 0.2) is 38.7 Å². The summed E-state index contributed by atoms with van der Waals surface area (Å²) < 4.78 is 35.7. The monoisotopic (exact) mass is 575 g/mol. The Kier molecular flexibility index (Phi) is 10.2. The number of halogens is 2. The van der Waals surface area contributed by atoms with Crippen LogP contribution in [-0.4, -0.2) is 37.7 Å². The van der Waals surface area contributed by atoms with Crippen LogP contribution >= 0.6 is 27.7 Å². The second-order valence-corrected chi connectivity index (χ2v) is 12.4. The van der Waals surface area contributed by atoms with Crippen LogP contribution in [0.4, 0.5) is 4.39 Å². The molecule has 188 valence electrons. The van der Waals surface area contributed by atoms with Gasteiger partial charge in [0.2, 0.25) is 0 Å². The summed E-state index contributed by atoms with van der Waals surface area (Å²) >= 11 is 3.21. The van der Waals surface area contributed by atoms with Crippen molar-refractivity contribution in [2.75, 3.05) is 12.9 Å². The van der Waals surface area contributed by atoms with Crippen molar-refractivity contribution in [3.8, 4) is 0 Å². The third-order valence-electron chi connectivity index (χ3n) is 5.14. The van der Waals surface area contributed by atoms with Gasteiger partial charge in [0, 0.05) is 11.4 Å². The Bertz CT molecular complexity index is 1060. The third-order valence-corrected chi connectivity index (χ3v) is 8.36. The van der Waals surface area contributed by atoms with E-state index in [9.17, 15) is 18.5 Å². The lowest BCUT2D eigenvalue weighted by Crippen LogP contribution is -2.50. The van der Waals surface area contributed by atoms with E-state index in [1.54, 1.807) is 25.3 Å². The van der Waals surface area contributed by atoms with Gasteiger partial charge >= 0.3 is 5.97 Å². The maximum atomic E-state index is 13.6. The van der Waals surface area contributed by atoms with Crippen LogP contribution in [-0.2, 0) is 39.4 Å². The van der Waals surface area contributed by atoms with Crippen molar-refractivity contribution in [1.82, 2.24) is 14.3 Å². The van der Waals surface area contributed by atoms with E-state index in [2.05, 4.69) is 25.6 Å². The highest BCUT2D eigenvalue weighted by Crippen LogP contribution is 2.31. The Hall–Kier alpha value is -1.40. The molecule has 0 fully saturated rings. The zero-order valence-corrected chi connectivity index (χ0v) is 23.5. The molecule has 0 aliphatic carbocycles. The van der Waals surface area contributed by atoms with E-state index in [4.69, 9.17) is 4.74 Å². The number of ether oxygens (including phenoxy) is 1.